The number of nitrogens with zero attached hydrogens (tertiary/aromatic N) is 4. The van der Waals surface area contributed by atoms with Gasteiger partial charge in [-0.2, -0.15) is 8.75 Å². The van der Waals surface area contributed by atoms with E-state index in [-0.39, 0.29) is 10.7 Å². The molecule has 3 heterocycles. The second-order valence-electron chi connectivity index (χ2n) is 3.84. The summed E-state index contributed by atoms with van der Waals surface area (Å²) in [5.74, 6) is 0. The second-order valence-corrected chi connectivity index (χ2v) is 6.18. The number of rotatable bonds is 2. The first-order valence-corrected chi connectivity index (χ1v) is 7.49. The third-order valence-corrected chi connectivity index (χ3v) is 5.27. The van der Waals surface area contributed by atoms with Crippen molar-refractivity contribution < 1.29 is 0 Å². The average molecular weight is 333 g/mol. The summed E-state index contributed by atoms with van der Waals surface area (Å²) in [6.07, 6.45) is 1.49. The lowest BCUT2D eigenvalue weighted by atomic mass is 10.3. The molecule has 0 spiro atoms. The van der Waals surface area contributed by atoms with Crippen molar-refractivity contribution in [2.45, 2.75) is 13.5 Å². The summed E-state index contributed by atoms with van der Waals surface area (Å²) in [7, 11) is 0. The number of aryl methyl sites for hydroxylation is 1. The first kappa shape index (κ1) is 13.0. The Morgan fingerprint density at radius 1 is 1.32 bits per heavy atom. The molecule has 98 valence electrons. The predicted octanol–water partition coefficient (Wildman–Crippen LogP) is 2.97. The number of aromatic nitrogens is 4. The van der Waals surface area contributed by atoms with Crippen LogP contribution in [0.25, 0.3) is 10.2 Å². The highest BCUT2D eigenvalue weighted by Crippen LogP contribution is 2.28. The summed E-state index contributed by atoms with van der Waals surface area (Å²) in [6, 6.07) is 0. The fourth-order valence-electron chi connectivity index (χ4n) is 1.67. The summed E-state index contributed by atoms with van der Waals surface area (Å²) in [5.41, 5.74) is 0.567. The van der Waals surface area contributed by atoms with E-state index in [2.05, 4.69) is 13.7 Å². The van der Waals surface area contributed by atoms with Gasteiger partial charge >= 0.3 is 0 Å². The van der Waals surface area contributed by atoms with Crippen molar-refractivity contribution >= 4 is 56.5 Å². The van der Waals surface area contributed by atoms with Gasteiger partial charge in [0.2, 0.25) is 0 Å². The topological polar surface area (TPSA) is 60.7 Å². The van der Waals surface area contributed by atoms with Gasteiger partial charge in [-0.3, -0.25) is 9.36 Å². The standard InChI is InChI=1S/C10H6Cl2N4OS2/c1-4-6-9(19-14-4)13-3-16(10(6)17)2-5-7(11)8(12)15-18-5/h3H,2H2,1H3. The highest BCUT2D eigenvalue weighted by atomic mass is 35.5. The van der Waals surface area contributed by atoms with E-state index in [4.69, 9.17) is 23.2 Å². The molecule has 0 aliphatic carbocycles. The van der Waals surface area contributed by atoms with Crippen molar-refractivity contribution in [2.75, 3.05) is 0 Å². The zero-order valence-electron chi connectivity index (χ0n) is 9.55. The lowest BCUT2D eigenvalue weighted by molar-refractivity contribution is 0.759. The van der Waals surface area contributed by atoms with Crippen molar-refractivity contribution in [3.05, 3.63) is 37.4 Å². The van der Waals surface area contributed by atoms with Gasteiger partial charge in [0.25, 0.3) is 5.56 Å². The van der Waals surface area contributed by atoms with Crippen molar-refractivity contribution in [2.24, 2.45) is 0 Å². The smallest absolute Gasteiger partial charge is 0.264 e. The van der Waals surface area contributed by atoms with Crippen molar-refractivity contribution in [3.8, 4) is 0 Å². The molecule has 0 unspecified atom stereocenters. The number of hydrogen-bond donors (Lipinski definition) is 0. The molecule has 0 N–H and O–H groups in total. The Bertz CT molecular complexity index is 823. The van der Waals surface area contributed by atoms with Gasteiger partial charge < -0.3 is 0 Å². The molecule has 3 rings (SSSR count). The van der Waals surface area contributed by atoms with E-state index in [0.717, 1.165) is 4.88 Å². The lowest BCUT2D eigenvalue weighted by Gasteiger charge is -2.03. The molecule has 0 bridgehead atoms. The molecule has 5 nitrogen and oxygen atoms in total. The molecule has 0 atom stereocenters. The fraction of sp³-hybridized carbons (Fsp3) is 0.200. The first-order chi connectivity index (χ1) is 9.08. The van der Waals surface area contributed by atoms with Crippen molar-refractivity contribution in [3.63, 3.8) is 0 Å². The monoisotopic (exact) mass is 332 g/mol. The van der Waals surface area contributed by atoms with Crippen LogP contribution in [0.1, 0.15) is 10.6 Å². The molecule has 0 aliphatic heterocycles. The normalized spacial score (nSPS) is 11.3. The summed E-state index contributed by atoms with van der Waals surface area (Å²) < 4.78 is 9.56. The molecule has 0 aromatic carbocycles. The van der Waals surface area contributed by atoms with Crippen LogP contribution in [-0.2, 0) is 6.54 Å². The molecule has 3 aromatic rings. The van der Waals surface area contributed by atoms with Gasteiger partial charge in [-0.25, -0.2) is 4.98 Å². The summed E-state index contributed by atoms with van der Waals surface area (Å²) in [5, 5.41) is 1.20. The molecule has 0 fully saturated rings. The van der Waals surface area contributed by atoms with Crippen LogP contribution in [0.5, 0.6) is 0 Å². The van der Waals surface area contributed by atoms with Crippen LogP contribution in [0.4, 0.5) is 0 Å². The highest BCUT2D eigenvalue weighted by Gasteiger charge is 2.14. The summed E-state index contributed by atoms with van der Waals surface area (Å²) >= 11 is 14.2. The van der Waals surface area contributed by atoms with Gasteiger partial charge in [-0.05, 0) is 30.0 Å². The zero-order chi connectivity index (χ0) is 13.6. The van der Waals surface area contributed by atoms with E-state index in [0.29, 0.717) is 27.5 Å². The van der Waals surface area contributed by atoms with Crippen LogP contribution in [0.2, 0.25) is 10.2 Å². The van der Waals surface area contributed by atoms with Crippen LogP contribution in [-0.4, -0.2) is 18.3 Å². The van der Waals surface area contributed by atoms with Crippen LogP contribution in [0.3, 0.4) is 0 Å². The van der Waals surface area contributed by atoms with Crippen LogP contribution < -0.4 is 5.56 Å². The minimum Gasteiger partial charge on any atom is -0.293 e. The Hall–Kier alpha value is -1.02. The molecule has 0 amide bonds. The number of halogens is 2. The maximum atomic E-state index is 12.3. The zero-order valence-corrected chi connectivity index (χ0v) is 12.7. The lowest BCUT2D eigenvalue weighted by Crippen LogP contribution is -2.20. The van der Waals surface area contributed by atoms with Gasteiger partial charge in [0.15, 0.2) is 9.98 Å². The third kappa shape index (κ3) is 2.16. The van der Waals surface area contributed by atoms with E-state index >= 15 is 0 Å². The average Bonchev–Trinajstić information content (AvgIpc) is 2.91. The van der Waals surface area contributed by atoms with Crippen molar-refractivity contribution in [1.82, 2.24) is 18.3 Å². The van der Waals surface area contributed by atoms with Crippen LogP contribution in [0.15, 0.2) is 11.1 Å². The maximum Gasteiger partial charge on any atom is 0.264 e. The maximum absolute atomic E-state index is 12.3. The van der Waals surface area contributed by atoms with Crippen molar-refractivity contribution in [1.29, 1.82) is 0 Å². The number of hydrogen-bond acceptors (Lipinski definition) is 6. The molecule has 0 radical (unpaired) electrons. The summed E-state index contributed by atoms with van der Waals surface area (Å²) in [4.78, 5) is 17.9. The van der Waals surface area contributed by atoms with Gasteiger partial charge in [-0.1, -0.05) is 23.2 Å². The van der Waals surface area contributed by atoms with Gasteiger partial charge in [0.05, 0.1) is 33.9 Å². The third-order valence-electron chi connectivity index (χ3n) is 2.61. The molecule has 19 heavy (non-hydrogen) atoms. The first-order valence-electron chi connectivity index (χ1n) is 5.19. The van der Waals surface area contributed by atoms with Crippen LogP contribution in [0, 0.1) is 6.92 Å². The molecule has 3 aromatic heterocycles. The SMILES string of the molecule is Cc1nsc2ncn(Cc3snc(Cl)c3Cl)c(=O)c12. The Kier molecular flexibility index (Phi) is 3.30. The van der Waals surface area contributed by atoms with E-state index in [1.807, 2.05) is 0 Å². The minimum absolute atomic E-state index is 0.128. The highest BCUT2D eigenvalue weighted by molar-refractivity contribution is 7.12. The van der Waals surface area contributed by atoms with E-state index in [9.17, 15) is 4.79 Å². The van der Waals surface area contributed by atoms with E-state index < -0.39 is 0 Å². The molecule has 9 heteroatoms. The Morgan fingerprint density at radius 2 is 2.11 bits per heavy atom. The fourth-order valence-corrected chi connectivity index (χ4v) is 3.59. The van der Waals surface area contributed by atoms with Gasteiger partial charge in [0.1, 0.15) is 0 Å². The van der Waals surface area contributed by atoms with Crippen LogP contribution >= 0.6 is 46.3 Å². The Labute approximate surface area is 125 Å². The Balaban J connectivity index is 2.11. The summed E-state index contributed by atoms with van der Waals surface area (Å²) in [6.45, 7) is 2.10. The molecular weight excluding hydrogens is 327 g/mol. The van der Waals surface area contributed by atoms with E-state index in [1.54, 1.807) is 6.92 Å². The van der Waals surface area contributed by atoms with Gasteiger partial charge in [0, 0.05) is 0 Å². The minimum atomic E-state index is -0.128. The molecule has 0 aliphatic rings. The Morgan fingerprint density at radius 3 is 2.79 bits per heavy atom. The molecule has 0 saturated heterocycles. The second kappa shape index (κ2) is 4.82. The predicted molar refractivity (Wildman–Crippen MR) is 77.6 cm³/mol. The van der Waals surface area contributed by atoms with Gasteiger partial charge in [-0.15, -0.1) is 0 Å². The quantitative estimate of drug-likeness (QED) is 0.723. The molecular formula is C10H6Cl2N4OS2. The van der Waals surface area contributed by atoms with E-state index in [1.165, 1.54) is 34.0 Å². The largest absolute Gasteiger partial charge is 0.293 e. The molecule has 0 saturated carbocycles. The number of fused-ring (bicyclic) bond motifs is 1.